The SMILES string of the molecule is O=C(CSc1ccc(O)cc1)Nc1cc(Cl)ccc1Cl. The van der Waals surface area contributed by atoms with Gasteiger partial charge in [-0.05, 0) is 42.5 Å². The van der Waals surface area contributed by atoms with Crippen LogP contribution in [0.3, 0.4) is 0 Å². The molecule has 2 aromatic rings. The molecule has 0 aliphatic rings. The predicted octanol–water partition coefficient (Wildman–Crippen LogP) is 4.43. The van der Waals surface area contributed by atoms with Crippen LogP contribution in [0.1, 0.15) is 0 Å². The Morgan fingerprint density at radius 2 is 1.85 bits per heavy atom. The quantitative estimate of drug-likeness (QED) is 0.816. The minimum atomic E-state index is -0.174. The molecule has 0 aliphatic carbocycles. The summed E-state index contributed by atoms with van der Waals surface area (Å²) >= 11 is 13.2. The molecule has 0 unspecified atom stereocenters. The van der Waals surface area contributed by atoms with Crippen molar-refractivity contribution < 1.29 is 9.90 Å². The van der Waals surface area contributed by atoms with Gasteiger partial charge in [0, 0.05) is 9.92 Å². The van der Waals surface area contributed by atoms with E-state index in [1.807, 2.05) is 0 Å². The molecule has 0 aliphatic heterocycles. The Morgan fingerprint density at radius 1 is 1.15 bits per heavy atom. The maximum atomic E-state index is 11.8. The fourth-order valence-electron chi connectivity index (χ4n) is 1.47. The molecule has 0 radical (unpaired) electrons. The van der Waals surface area contributed by atoms with Crippen LogP contribution in [0.15, 0.2) is 47.4 Å². The van der Waals surface area contributed by atoms with Gasteiger partial charge >= 0.3 is 0 Å². The maximum absolute atomic E-state index is 11.8. The van der Waals surface area contributed by atoms with Gasteiger partial charge in [0.05, 0.1) is 16.5 Å². The summed E-state index contributed by atoms with van der Waals surface area (Å²) in [6.45, 7) is 0. The summed E-state index contributed by atoms with van der Waals surface area (Å²) in [5.41, 5.74) is 0.496. The standard InChI is InChI=1S/C14H11Cl2NO2S/c15-9-1-6-12(16)13(7-9)17-14(19)8-20-11-4-2-10(18)3-5-11/h1-7,18H,8H2,(H,17,19). The number of amides is 1. The van der Waals surface area contributed by atoms with E-state index in [0.29, 0.717) is 15.7 Å². The van der Waals surface area contributed by atoms with Gasteiger partial charge in [-0.2, -0.15) is 0 Å². The van der Waals surface area contributed by atoms with E-state index in [2.05, 4.69) is 5.32 Å². The van der Waals surface area contributed by atoms with Gasteiger partial charge in [-0.1, -0.05) is 23.2 Å². The van der Waals surface area contributed by atoms with E-state index in [9.17, 15) is 4.79 Å². The maximum Gasteiger partial charge on any atom is 0.234 e. The molecule has 2 aromatic carbocycles. The fourth-order valence-corrected chi connectivity index (χ4v) is 2.51. The zero-order valence-corrected chi connectivity index (χ0v) is 12.6. The second-order valence-corrected chi connectivity index (χ2v) is 5.85. The predicted molar refractivity (Wildman–Crippen MR) is 83.9 cm³/mol. The number of nitrogens with one attached hydrogen (secondary N) is 1. The number of halogens is 2. The highest BCUT2D eigenvalue weighted by Crippen LogP contribution is 2.26. The van der Waals surface area contributed by atoms with Gasteiger partial charge in [-0.15, -0.1) is 11.8 Å². The number of hydrogen-bond acceptors (Lipinski definition) is 3. The minimum absolute atomic E-state index is 0.174. The molecule has 0 heterocycles. The highest BCUT2D eigenvalue weighted by Gasteiger charge is 2.07. The summed E-state index contributed by atoms with van der Waals surface area (Å²) in [6, 6.07) is 11.5. The number of phenols is 1. The van der Waals surface area contributed by atoms with Crippen molar-refractivity contribution in [2.45, 2.75) is 4.90 Å². The molecule has 2 N–H and O–H groups in total. The molecule has 20 heavy (non-hydrogen) atoms. The molecule has 3 nitrogen and oxygen atoms in total. The Kier molecular flexibility index (Phi) is 5.17. The summed E-state index contributed by atoms with van der Waals surface area (Å²) in [4.78, 5) is 12.7. The van der Waals surface area contributed by atoms with Crippen molar-refractivity contribution in [1.29, 1.82) is 0 Å². The summed E-state index contributed by atoms with van der Waals surface area (Å²) in [7, 11) is 0. The molecule has 104 valence electrons. The Balaban J connectivity index is 1.92. The Morgan fingerprint density at radius 3 is 2.55 bits per heavy atom. The summed E-state index contributed by atoms with van der Waals surface area (Å²) < 4.78 is 0. The monoisotopic (exact) mass is 327 g/mol. The van der Waals surface area contributed by atoms with Gasteiger partial charge in [0.25, 0.3) is 0 Å². The molecular formula is C14H11Cl2NO2S. The first kappa shape index (κ1) is 15.0. The largest absolute Gasteiger partial charge is 0.508 e. The lowest BCUT2D eigenvalue weighted by Crippen LogP contribution is -2.14. The lowest BCUT2D eigenvalue weighted by molar-refractivity contribution is -0.113. The topological polar surface area (TPSA) is 49.3 Å². The Labute approximate surface area is 130 Å². The van der Waals surface area contributed by atoms with Crippen molar-refractivity contribution >= 4 is 46.6 Å². The second kappa shape index (κ2) is 6.88. The minimum Gasteiger partial charge on any atom is -0.508 e. The summed E-state index contributed by atoms with van der Waals surface area (Å²) in [6.07, 6.45) is 0. The molecule has 0 saturated heterocycles. The van der Waals surface area contributed by atoms with Crippen molar-refractivity contribution in [2.75, 3.05) is 11.1 Å². The van der Waals surface area contributed by atoms with Crippen LogP contribution in [0.5, 0.6) is 5.75 Å². The Bertz CT molecular complexity index is 617. The molecule has 0 saturated carbocycles. The summed E-state index contributed by atoms with van der Waals surface area (Å²) in [5.74, 6) is 0.268. The number of rotatable bonds is 4. The molecule has 0 bridgehead atoms. The molecule has 6 heteroatoms. The number of anilines is 1. The van der Waals surface area contributed by atoms with E-state index in [1.165, 1.54) is 11.8 Å². The number of hydrogen-bond donors (Lipinski definition) is 2. The molecule has 0 atom stereocenters. The smallest absolute Gasteiger partial charge is 0.234 e. The molecule has 0 spiro atoms. The zero-order chi connectivity index (χ0) is 14.5. The number of carbonyl (C=O) groups is 1. The number of phenolic OH excluding ortho intramolecular Hbond substituents is 1. The van der Waals surface area contributed by atoms with Crippen LogP contribution in [-0.2, 0) is 4.79 Å². The molecule has 0 fully saturated rings. The van der Waals surface area contributed by atoms with Crippen LogP contribution in [0.2, 0.25) is 10.0 Å². The highest BCUT2D eigenvalue weighted by molar-refractivity contribution is 8.00. The van der Waals surface area contributed by atoms with Crippen molar-refractivity contribution in [1.82, 2.24) is 0 Å². The number of thioether (sulfide) groups is 1. The van der Waals surface area contributed by atoms with Crippen molar-refractivity contribution in [3.05, 3.63) is 52.5 Å². The third kappa shape index (κ3) is 4.34. The Hall–Kier alpha value is -1.36. The van der Waals surface area contributed by atoms with Gasteiger partial charge in [-0.3, -0.25) is 4.79 Å². The van der Waals surface area contributed by atoms with E-state index in [1.54, 1.807) is 42.5 Å². The van der Waals surface area contributed by atoms with Gasteiger partial charge in [0.15, 0.2) is 0 Å². The van der Waals surface area contributed by atoms with Gasteiger partial charge in [0.1, 0.15) is 5.75 Å². The first-order valence-corrected chi connectivity index (χ1v) is 7.45. The average Bonchev–Trinajstić information content (AvgIpc) is 2.42. The molecule has 1 amide bonds. The summed E-state index contributed by atoms with van der Waals surface area (Å²) in [5, 5.41) is 12.8. The lowest BCUT2D eigenvalue weighted by Gasteiger charge is -2.07. The first-order valence-electron chi connectivity index (χ1n) is 5.71. The lowest BCUT2D eigenvalue weighted by atomic mass is 10.3. The van der Waals surface area contributed by atoms with Crippen LogP contribution >= 0.6 is 35.0 Å². The third-order valence-electron chi connectivity index (χ3n) is 2.41. The average molecular weight is 328 g/mol. The fraction of sp³-hybridized carbons (Fsp3) is 0.0714. The van der Waals surface area contributed by atoms with Crippen LogP contribution in [-0.4, -0.2) is 16.8 Å². The van der Waals surface area contributed by atoms with E-state index in [-0.39, 0.29) is 17.4 Å². The van der Waals surface area contributed by atoms with E-state index < -0.39 is 0 Å². The molecule has 0 aromatic heterocycles. The molecule has 2 rings (SSSR count). The molecular weight excluding hydrogens is 317 g/mol. The number of carbonyl (C=O) groups excluding carboxylic acids is 1. The van der Waals surface area contributed by atoms with Gasteiger partial charge in [0.2, 0.25) is 5.91 Å². The van der Waals surface area contributed by atoms with Crippen molar-refractivity contribution in [2.24, 2.45) is 0 Å². The number of aromatic hydroxyl groups is 1. The zero-order valence-electron chi connectivity index (χ0n) is 10.3. The number of benzene rings is 2. The second-order valence-electron chi connectivity index (χ2n) is 3.95. The van der Waals surface area contributed by atoms with Crippen LogP contribution in [0, 0.1) is 0 Å². The van der Waals surface area contributed by atoms with Gasteiger partial charge in [-0.25, -0.2) is 0 Å². The van der Waals surface area contributed by atoms with Gasteiger partial charge < -0.3 is 10.4 Å². The van der Waals surface area contributed by atoms with Crippen molar-refractivity contribution in [3.63, 3.8) is 0 Å². The normalized spacial score (nSPS) is 10.3. The van der Waals surface area contributed by atoms with E-state index in [0.717, 1.165) is 4.90 Å². The van der Waals surface area contributed by atoms with Crippen LogP contribution in [0.25, 0.3) is 0 Å². The van der Waals surface area contributed by atoms with Crippen LogP contribution < -0.4 is 5.32 Å². The van der Waals surface area contributed by atoms with Crippen LogP contribution in [0.4, 0.5) is 5.69 Å². The first-order chi connectivity index (χ1) is 9.54. The van der Waals surface area contributed by atoms with E-state index >= 15 is 0 Å². The third-order valence-corrected chi connectivity index (χ3v) is 3.99. The van der Waals surface area contributed by atoms with Crippen molar-refractivity contribution in [3.8, 4) is 5.75 Å². The van der Waals surface area contributed by atoms with E-state index in [4.69, 9.17) is 28.3 Å². The highest BCUT2D eigenvalue weighted by atomic mass is 35.5.